The van der Waals surface area contributed by atoms with Gasteiger partial charge in [0.05, 0.1) is 9.77 Å². The molecule has 0 spiro atoms. The van der Waals surface area contributed by atoms with Crippen LogP contribution in [0.5, 0.6) is 0 Å². The topological polar surface area (TPSA) is 57.7 Å². The first-order valence-electron chi connectivity index (χ1n) is 9.88. The van der Waals surface area contributed by atoms with E-state index in [0.717, 1.165) is 24.4 Å². The molecule has 1 fully saturated rings. The molecule has 2 heterocycles. The van der Waals surface area contributed by atoms with Gasteiger partial charge in [-0.1, -0.05) is 30.3 Å². The fourth-order valence-corrected chi connectivity index (χ4v) is 6.38. The summed E-state index contributed by atoms with van der Waals surface area (Å²) in [7, 11) is -3.60. The predicted octanol–water partition coefficient (Wildman–Crippen LogP) is 4.16. The SMILES string of the molecule is Cc1cccc(N2CCN(C(=O)c3ccc(S(=O)(=O)c4ccccc4)s3)CC2)c1C. The molecule has 2 aromatic carbocycles. The molecule has 156 valence electrons. The molecule has 5 nitrogen and oxygen atoms in total. The Labute approximate surface area is 181 Å². The summed E-state index contributed by atoms with van der Waals surface area (Å²) in [6.07, 6.45) is 0. The highest BCUT2D eigenvalue weighted by Gasteiger charge is 2.26. The van der Waals surface area contributed by atoms with Gasteiger partial charge in [0.15, 0.2) is 0 Å². The number of rotatable bonds is 4. The van der Waals surface area contributed by atoms with Gasteiger partial charge in [0.2, 0.25) is 9.84 Å². The number of piperazine rings is 1. The third-order valence-corrected chi connectivity index (χ3v) is 8.93. The maximum atomic E-state index is 13.0. The van der Waals surface area contributed by atoms with E-state index in [2.05, 4.69) is 36.9 Å². The van der Waals surface area contributed by atoms with E-state index in [1.54, 1.807) is 36.4 Å². The van der Waals surface area contributed by atoms with Gasteiger partial charge in [-0.25, -0.2) is 8.42 Å². The molecule has 1 aliphatic heterocycles. The van der Waals surface area contributed by atoms with E-state index in [1.807, 2.05) is 4.90 Å². The van der Waals surface area contributed by atoms with Crippen molar-refractivity contribution < 1.29 is 13.2 Å². The Hall–Kier alpha value is -2.64. The maximum absolute atomic E-state index is 13.0. The third kappa shape index (κ3) is 3.87. The van der Waals surface area contributed by atoms with E-state index < -0.39 is 9.84 Å². The number of nitrogens with zero attached hydrogens (tertiary/aromatic N) is 2. The summed E-state index contributed by atoms with van der Waals surface area (Å²) in [6, 6.07) is 17.8. The lowest BCUT2D eigenvalue weighted by atomic mass is 10.1. The van der Waals surface area contributed by atoms with Crippen LogP contribution in [-0.4, -0.2) is 45.4 Å². The van der Waals surface area contributed by atoms with Gasteiger partial charge in [0, 0.05) is 31.9 Å². The number of thiophene rings is 1. The quantitative estimate of drug-likeness (QED) is 0.611. The van der Waals surface area contributed by atoms with Crippen LogP contribution < -0.4 is 4.90 Å². The minimum absolute atomic E-state index is 0.102. The lowest BCUT2D eigenvalue weighted by Crippen LogP contribution is -2.48. The van der Waals surface area contributed by atoms with E-state index in [4.69, 9.17) is 0 Å². The second-order valence-corrected chi connectivity index (χ2v) is 10.7. The van der Waals surface area contributed by atoms with E-state index >= 15 is 0 Å². The van der Waals surface area contributed by atoms with Crippen molar-refractivity contribution in [2.75, 3.05) is 31.1 Å². The molecule has 0 radical (unpaired) electrons. The average Bonchev–Trinajstić information content (AvgIpc) is 3.27. The van der Waals surface area contributed by atoms with Crippen molar-refractivity contribution in [3.05, 3.63) is 76.7 Å². The van der Waals surface area contributed by atoms with Crippen molar-refractivity contribution in [3.63, 3.8) is 0 Å². The number of benzene rings is 2. The molecule has 0 unspecified atom stereocenters. The molecule has 1 amide bonds. The van der Waals surface area contributed by atoms with Crippen LogP contribution in [0.1, 0.15) is 20.8 Å². The molecule has 3 aromatic rings. The van der Waals surface area contributed by atoms with Gasteiger partial charge in [0.25, 0.3) is 5.91 Å². The van der Waals surface area contributed by atoms with Crippen molar-refractivity contribution in [1.82, 2.24) is 4.90 Å². The summed E-state index contributed by atoms with van der Waals surface area (Å²) < 4.78 is 25.8. The van der Waals surface area contributed by atoms with E-state index in [-0.39, 0.29) is 15.0 Å². The van der Waals surface area contributed by atoms with Crippen molar-refractivity contribution in [2.45, 2.75) is 23.0 Å². The third-order valence-electron chi connectivity index (χ3n) is 5.59. The van der Waals surface area contributed by atoms with Gasteiger partial charge in [-0.3, -0.25) is 4.79 Å². The molecule has 30 heavy (non-hydrogen) atoms. The van der Waals surface area contributed by atoms with E-state index in [0.29, 0.717) is 18.0 Å². The molecule has 0 aliphatic carbocycles. The minimum atomic E-state index is -3.60. The van der Waals surface area contributed by atoms with Gasteiger partial charge in [-0.05, 0) is 55.3 Å². The normalized spacial score (nSPS) is 14.7. The minimum Gasteiger partial charge on any atom is -0.368 e. The molecular formula is C23H24N2O3S2. The van der Waals surface area contributed by atoms with Crippen molar-refractivity contribution in [3.8, 4) is 0 Å². The van der Waals surface area contributed by atoms with Gasteiger partial charge in [-0.2, -0.15) is 0 Å². The van der Waals surface area contributed by atoms with Crippen LogP contribution in [0.25, 0.3) is 0 Å². The fourth-order valence-electron chi connectivity index (χ4n) is 3.68. The molecule has 1 aliphatic rings. The number of carbonyl (C=O) groups is 1. The zero-order valence-electron chi connectivity index (χ0n) is 17.0. The Morgan fingerprint density at radius 3 is 2.27 bits per heavy atom. The predicted molar refractivity (Wildman–Crippen MR) is 120 cm³/mol. The van der Waals surface area contributed by atoms with Crippen LogP contribution in [0.4, 0.5) is 5.69 Å². The number of carbonyl (C=O) groups excluding carboxylic acids is 1. The van der Waals surface area contributed by atoms with Crippen LogP contribution in [0, 0.1) is 13.8 Å². The van der Waals surface area contributed by atoms with Crippen molar-refractivity contribution >= 4 is 32.8 Å². The van der Waals surface area contributed by atoms with Crippen molar-refractivity contribution in [1.29, 1.82) is 0 Å². The van der Waals surface area contributed by atoms with Gasteiger partial charge in [-0.15, -0.1) is 11.3 Å². The second-order valence-electron chi connectivity index (χ2n) is 7.43. The molecule has 1 saturated heterocycles. The number of sulfone groups is 1. The first-order valence-corrected chi connectivity index (χ1v) is 12.2. The standard InChI is InChI=1S/C23H24N2O3S2/c1-17-7-6-10-20(18(17)2)24-13-15-25(16-14-24)23(26)21-11-12-22(29-21)30(27,28)19-8-4-3-5-9-19/h3-12H,13-16H2,1-2H3. The van der Waals surface area contributed by atoms with Crippen LogP contribution >= 0.6 is 11.3 Å². The smallest absolute Gasteiger partial charge is 0.264 e. The fraction of sp³-hybridized carbons (Fsp3) is 0.261. The molecule has 7 heteroatoms. The van der Waals surface area contributed by atoms with Crippen LogP contribution in [0.15, 0.2) is 69.8 Å². The van der Waals surface area contributed by atoms with Crippen LogP contribution in [0.2, 0.25) is 0 Å². The summed E-state index contributed by atoms with van der Waals surface area (Å²) >= 11 is 1.05. The highest BCUT2D eigenvalue weighted by Crippen LogP contribution is 2.29. The lowest BCUT2D eigenvalue weighted by molar-refractivity contribution is 0.0751. The Morgan fingerprint density at radius 2 is 1.57 bits per heavy atom. The summed E-state index contributed by atoms with van der Waals surface area (Å²) in [5.41, 5.74) is 3.75. The molecule has 0 saturated carbocycles. The van der Waals surface area contributed by atoms with Gasteiger partial charge < -0.3 is 9.80 Å². The molecule has 1 aromatic heterocycles. The molecule has 0 bridgehead atoms. The zero-order valence-corrected chi connectivity index (χ0v) is 18.7. The summed E-state index contributed by atoms with van der Waals surface area (Å²) in [6.45, 7) is 6.99. The zero-order chi connectivity index (χ0) is 21.3. The number of aryl methyl sites for hydroxylation is 1. The Bertz CT molecular complexity index is 1160. The Morgan fingerprint density at radius 1 is 0.867 bits per heavy atom. The monoisotopic (exact) mass is 440 g/mol. The van der Waals surface area contributed by atoms with E-state index in [9.17, 15) is 13.2 Å². The molecule has 0 N–H and O–H groups in total. The molecule has 4 rings (SSSR count). The summed E-state index contributed by atoms with van der Waals surface area (Å²) in [5, 5.41) is 0. The maximum Gasteiger partial charge on any atom is 0.264 e. The van der Waals surface area contributed by atoms with Crippen LogP contribution in [-0.2, 0) is 9.84 Å². The van der Waals surface area contributed by atoms with Crippen LogP contribution in [0.3, 0.4) is 0 Å². The number of anilines is 1. The number of hydrogen-bond donors (Lipinski definition) is 0. The summed E-state index contributed by atoms with van der Waals surface area (Å²) in [5.74, 6) is -0.102. The average molecular weight is 441 g/mol. The lowest BCUT2D eigenvalue weighted by Gasteiger charge is -2.36. The Kier molecular flexibility index (Phi) is 5.66. The van der Waals surface area contributed by atoms with E-state index in [1.165, 1.54) is 22.9 Å². The first kappa shape index (κ1) is 20.6. The Balaban J connectivity index is 1.46. The first-order chi connectivity index (χ1) is 14.4. The number of hydrogen-bond acceptors (Lipinski definition) is 5. The van der Waals surface area contributed by atoms with Gasteiger partial charge in [0.1, 0.15) is 4.21 Å². The largest absolute Gasteiger partial charge is 0.368 e. The second kappa shape index (κ2) is 8.24. The highest BCUT2D eigenvalue weighted by molar-refractivity contribution is 7.93. The summed E-state index contributed by atoms with van der Waals surface area (Å²) in [4.78, 5) is 17.8. The molecule has 0 atom stereocenters. The van der Waals surface area contributed by atoms with Crippen molar-refractivity contribution in [2.24, 2.45) is 0 Å². The van der Waals surface area contributed by atoms with Gasteiger partial charge >= 0.3 is 0 Å². The number of amides is 1. The highest BCUT2D eigenvalue weighted by atomic mass is 32.2. The molecular weight excluding hydrogens is 416 g/mol.